The van der Waals surface area contributed by atoms with Crippen LogP contribution in [0.5, 0.6) is 0 Å². The van der Waals surface area contributed by atoms with Crippen molar-refractivity contribution in [3.63, 3.8) is 0 Å². The van der Waals surface area contributed by atoms with Crippen LogP contribution >= 0.6 is 0 Å². The summed E-state index contributed by atoms with van der Waals surface area (Å²) in [5.41, 5.74) is 0. The zero-order valence-corrected chi connectivity index (χ0v) is 20.8. The monoisotopic (exact) mass is 470 g/mol. The van der Waals surface area contributed by atoms with Crippen LogP contribution < -0.4 is 29.6 Å². The first kappa shape index (κ1) is 29.1. The van der Waals surface area contributed by atoms with E-state index in [2.05, 4.69) is 20.1 Å². The molecule has 0 unspecified atom stereocenters. The molecule has 0 spiro atoms. The van der Waals surface area contributed by atoms with Crippen molar-refractivity contribution in [2.24, 2.45) is 0 Å². The summed E-state index contributed by atoms with van der Waals surface area (Å²) in [6.45, 7) is 9.91. The van der Waals surface area contributed by atoms with E-state index in [1.54, 1.807) is 42.5 Å². The molecule has 0 radical (unpaired) electrons. The topological polar surface area (TPSA) is 97.7 Å². The van der Waals surface area contributed by atoms with Gasteiger partial charge in [0.15, 0.2) is 0 Å². The van der Waals surface area contributed by atoms with E-state index in [4.69, 9.17) is 8.74 Å². The summed E-state index contributed by atoms with van der Waals surface area (Å²) in [6.07, 6.45) is 2.91. The molecule has 3 aromatic rings. The molecule has 6 nitrogen and oxygen atoms in total. The first-order valence-corrected chi connectivity index (χ1v) is 11.4. The minimum atomic E-state index is -4.00. The minimum absolute atomic E-state index is 0. The van der Waals surface area contributed by atoms with Crippen LogP contribution in [0.2, 0.25) is 0 Å². The Morgan fingerprint density at radius 3 is 1.90 bits per heavy atom. The van der Waals surface area contributed by atoms with E-state index in [1.807, 2.05) is 18.2 Å². The van der Waals surface area contributed by atoms with Crippen molar-refractivity contribution in [3.05, 3.63) is 105 Å². The smallest absolute Gasteiger partial charge is 0.282 e. The molecule has 0 aliphatic heterocycles. The van der Waals surface area contributed by atoms with Gasteiger partial charge in [-0.25, -0.2) is 19.6 Å². The molecule has 0 atom stereocenters. The zero-order chi connectivity index (χ0) is 22.6. The van der Waals surface area contributed by atoms with Crippen molar-refractivity contribution < 1.29 is 55.1 Å². The summed E-state index contributed by atoms with van der Waals surface area (Å²) in [4.78, 5) is 0.118. The van der Waals surface area contributed by atoms with Crippen molar-refractivity contribution in [1.82, 2.24) is 0 Å². The number of benzene rings is 3. The molecule has 0 heterocycles. The van der Waals surface area contributed by atoms with Gasteiger partial charge in [-0.1, -0.05) is 60.7 Å². The largest absolute Gasteiger partial charge is 1.00 e. The fraction of sp³-hybridized carbons (Fsp3) is 0.0455. The average Bonchev–Trinajstić information content (AvgIpc) is 2.73. The van der Waals surface area contributed by atoms with Crippen LogP contribution in [0.3, 0.4) is 0 Å². The average molecular weight is 471 g/mol. The van der Waals surface area contributed by atoms with Crippen LogP contribution in [0.1, 0.15) is 0 Å². The van der Waals surface area contributed by atoms with Crippen LogP contribution in [-0.4, -0.2) is 28.0 Å². The van der Waals surface area contributed by atoms with Crippen LogP contribution in [0.25, 0.3) is 10.8 Å². The molecular formula is C22H23NaO6S2. The quantitative estimate of drug-likeness (QED) is 0.200. The van der Waals surface area contributed by atoms with Gasteiger partial charge >= 0.3 is 29.6 Å². The third-order valence-corrected chi connectivity index (χ3v) is 5.61. The summed E-state index contributed by atoms with van der Waals surface area (Å²) in [5.74, 6) is 0. The number of hydrogen-bond acceptors (Lipinski definition) is 5. The molecule has 0 aromatic heterocycles. The van der Waals surface area contributed by atoms with Gasteiger partial charge in [-0.2, -0.15) is 16.8 Å². The number of hydrogen-bond donors (Lipinski definition) is 1. The van der Waals surface area contributed by atoms with E-state index in [-0.39, 0.29) is 46.0 Å². The van der Waals surface area contributed by atoms with Crippen molar-refractivity contribution in [1.29, 1.82) is 0 Å². The molecule has 0 aliphatic carbocycles. The molecule has 0 saturated heterocycles. The SMILES string of the molecule is C=CCOS(=O)(=O)c1cccc2ccccc12.C=C[CH2-].O=S(=O)(O)c1ccccc1.[Na+]. The molecule has 0 aliphatic rings. The van der Waals surface area contributed by atoms with Crippen molar-refractivity contribution in [2.45, 2.75) is 9.79 Å². The Bertz CT molecular complexity index is 1170. The Kier molecular flexibility index (Phi) is 13.3. The fourth-order valence-corrected chi connectivity index (χ4v) is 3.81. The number of fused-ring (bicyclic) bond motifs is 1. The van der Waals surface area contributed by atoms with Crippen LogP contribution in [-0.2, 0) is 24.4 Å². The first-order chi connectivity index (χ1) is 14.2. The van der Waals surface area contributed by atoms with E-state index in [1.165, 1.54) is 24.3 Å². The molecule has 0 fully saturated rings. The predicted molar refractivity (Wildman–Crippen MR) is 119 cm³/mol. The molecule has 31 heavy (non-hydrogen) atoms. The van der Waals surface area contributed by atoms with Gasteiger partial charge in [-0.05, 0) is 23.6 Å². The van der Waals surface area contributed by atoms with Gasteiger partial charge in [0, 0.05) is 5.39 Å². The first-order valence-electron chi connectivity index (χ1n) is 8.58. The second kappa shape index (κ2) is 14.2. The van der Waals surface area contributed by atoms with E-state index in [0.29, 0.717) is 5.39 Å². The van der Waals surface area contributed by atoms with Crippen LogP contribution in [0.15, 0.2) is 108 Å². The summed E-state index contributed by atoms with van der Waals surface area (Å²) in [6, 6.07) is 19.8. The minimum Gasteiger partial charge on any atom is -0.282 e. The third-order valence-electron chi connectivity index (χ3n) is 3.40. The predicted octanol–water partition coefficient (Wildman–Crippen LogP) is 1.67. The third kappa shape index (κ3) is 9.84. The molecular weight excluding hydrogens is 447 g/mol. The molecule has 9 heteroatoms. The molecule has 0 amide bonds. The van der Waals surface area contributed by atoms with Crippen LogP contribution in [0, 0.1) is 6.92 Å². The standard InChI is InChI=1S/C13H12O3S.C6H6O3S.C3H5.Na/c1-2-10-16-17(14,15)13-9-5-7-11-6-3-4-8-12(11)13;7-10(8,9)6-4-2-1-3-5-6;1-3-2;/h2-9H,1,10H2;1-5H,(H,7,8,9);3H,1-2H2;/q;;-1;+1. The maximum absolute atomic E-state index is 11.9. The van der Waals surface area contributed by atoms with E-state index in [9.17, 15) is 16.8 Å². The fourth-order valence-electron chi connectivity index (χ4n) is 2.21. The van der Waals surface area contributed by atoms with Gasteiger partial charge in [0.25, 0.3) is 20.2 Å². The Morgan fingerprint density at radius 2 is 1.39 bits per heavy atom. The van der Waals surface area contributed by atoms with Crippen LogP contribution in [0.4, 0.5) is 0 Å². The van der Waals surface area contributed by atoms with Gasteiger partial charge in [0.05, 0.1) is 11.5 Å². The number of rotatable bonds is 5. The van der Waals surface area contributed by atoms with Gasteiger partial charge in [0.2, 0.25) is 0 Å². The second-order valence-electron chi connectivity index (χ2n) is 5.58. The summed E-state index contributed by atoms with van der Waals surface area (Å²) in [7, 11) is -7.72. The summed E-state index contributed by atoms with van der Waals surface area (Å²) in [5, 5.41) is 1.54. The van der Waals surface area contributed by atoms with Gasteiger partial charge in [-0.3, -0.25) is 8.74 Å². The van der Waals surface area contributed by atoms with E-state index < -0.39 is 20.2 Å². The molecule has 0 saturated carbocycles. The second-order valence-corrected chi connectivity index (χ2v) is 8.59. The van der Waals surface area contributed by atoms with Crippen molar-refractivity contribution >= 4 is 31.0 Å². The molecule has 0 bridgehead atoms. The maximum Gasteiger partial charge on any atom is 1.00 e. The molecule has 160 valence electrons. The van der Waals surface area contributed by atoms with E-state index >= 15 is 0 Å². The van der Waals surface area contributed by atoms with Gasteiger partial charge in [0.1, 0.15) is 4.90 Å². The zero-order valence-electron chi connectivity index (χ0n) is 17.2. The van der Waals surface area contributed by atoms with E-state index in [0.717, 1.165) is 5.39 Å². The Hall–Kier alpha value is -1.91. The van der Waals surface area contributed by atoms with Gasteiger partial charge in [-0.15, -0.1) is 6.58 Å². The molecule has 3 aromatic carbocycles. The van der Waals surface area contributed by atoms with Gasteiger partial charge < -0.3 is 0 Å². The van der Waals surface area contributed by atoms with Crippen molar-refractivity contribution in [2.75, 3.05) is 6.61 Å². The molecule has 3 rings (SSSR count). The Morgan fingerprint density at radius 1 is 0.871 bits per heavy atom. The summed E-state index contributed by atoms with van der Waals surface area (Å²) >= 11 is 0. The Labute approximate surface area is 206 Å². The Balaban J connectivity index is 0.000000550. The molecule has 1 N–H and O–H groups in total. The summed E-state index contributed by atoms with van der Waals surface area (Å²) < 4.78 is 57.9. The normalized spacial score (nSPS) is 10.4. The maximum atomic E-state index is 11.9. The number of allylic oxidation sites excluding steroid dienone is 1. The van der Waals surface area contributed by atoms with Crippen molar-refractivity contribution in [3.8, 4) is 0 Å².